The van der Waals surface area contributed by atoms with Crippen molar-refractivity contribution in [2.75, 3.05) is 30.3 Å². The number of rotatable bonds is 7. The average Bonchev–Trinajstić information content (AvgIpc) is 3.73. The van der Waals surface area contributed by atoms with Crippen molar-refractivity contribution >= 4 is 40.7 Å². The number of benzene rings is 2. The van der Waals surface area contributed by atoms with E-state index in [9.17, 15) is 14.0 Å². The Balaban J connectivity index is 1.49. The number of fused-ring (bicyclic) bond motifs is 1. The van der Waals surface area contributed by atoms with Gasteiger partial charge in [-0.05, 0) is 48.6 Å². The molecule has 1 N–H and O–H groups in total. The molecule has 2 aromatic heterocycles. The molecule has 2 aliphatic heterocycles. The van der Waals surface area contributed by atoms with Gasteiger partial charge in [-0.2, -0.15) is 5.10 Å². The van der Waals surface area contributed by atoms with Crippen molar-refractivity contribution in [3.05, 3.63) is 88.4 Å². The second kappa shape index (κ2) is 11.3. The van der Waals surface area contributed by atoms with E-state index >= 15 is 0 Å². The molecule has 6 rings (SSSR count). The molecular weight excluding hydrogens is 535 g/mol. The minimum atomic E-state index is -0.367. The van der Waals surface area contributed by atoms with Gasteiger partial charge < -0.3 is 10.1 Å². The van der Waals surface area contributed by atoms with Gasteiger partial charge in [0.2, 0.25) is 11.8 Å². The van der Waals surface area contributed by atoms with Gasteiger partial charge >= 0.3 is 0 Å². The lowest BCUT2D eigenvalue weighted by molar-refractivity contribution is -0.123. The van der Waals surface area contributed by atoms with E-state index in [1.807, 2.05) is 41.8 Å². The molecule has 200 valence electrons. The molecule has 4 heterocycles. The van der Waals surface area contributed by atoms with Crippen LogP contribution in [0.1, 0.15) is 28.5 Å². The normalized spacial score (nSPS) is 19.1. The van der Waals surface area contributed by atoms with Crippen LogP contribution in [0.2, 0.25) is 0 Å². The Labute approximate surface area is 234 Å². The number of hydrogen-bond donors (Lipinski definition) is 1. The predicted octanol–water partition coefficient (Wildman–Crippen LogP) is 5.20. The second-order valence-corrected chi connectivity index (χ2v) is 11.5. The average molecular weight is 563 g/mol. The highest BCUT2D eigenvalue weighted by atomic mass is 32.2. The summed E-state index contributed by atoms with van der Waals surface area (Å²) in [6.07, 6.45) is 1.89. The van der Waals surface area contributed by atoms with E-state index in [4.69, 9.17) is 9.84 Å². The quantitative estimate of drug-likeness (QED) is 0.335. The van der Waals surface area contributed by atoms with Crippen molar-refractivity contribution in [1.82, 2.24) is 15.1 Å². The van der Waals surface area contributed by atoms with Crippen LogP contribution in [0.5, 0.6) is 0 Å². The first kappa shape index (κ1) is 25.8. The van der Waals surface area contributed by atoms with Crippen LogP contribution < -0.4 is 10.2 Å². The zero-order valence-electron chi connectivity index (χ0n) is 21.1. The van der Waals surface area contributed by atoms with Gasteiger partial charge in [0.1, 0.15) is 18.2 Å². The summed E-state index contributed by atoms with van der Waals surface area (Å²) in [5.74, 6) is -0.0868. The van der Waals surface area contributed by atoms with Gasteiger partial charge in [-0.1, -0.05) is 36.4 Å². The molecule has 2 amide bonds. The van der Waals surface area contributed by atoms with Gasteiger partial charge in [0.25, 0.3) is 0 Å². The lowest BCUT2D eigenvalue weighted by Crippen LogP contribution is -2.44. The summed E-state index contributed by atoms with van der Waals surface area (Å²) in [7, 11) is 0. The van der Waals surface area contributed by atoms with Crippen molar-refractivity contribution in [3.63, 3.8) is 0 Å². The summed E-state index contributed by atoms with van der Waals surface area (Å²) in [5, 5.41) is 9.80. The Morgan fingerprint density at radius 3 is 2.64 bits per heavy atom. The first-order valence-corrected chi connectivity index (χ1v) is 14.8. The van der Waals surface area contributed by atoms with E-state index < -0.39 is 0 Å². The van der Waals surface area contributed by atoms with Crippen molar-refractivity contribution in [3.8, 4) is 16.9 Å². The van der Waals surface area contributed by atoms with Gasteiger partial charge in [0.05, 0.1) is 28.5 Å². The molecule has 2 atom stereocenters. The first-order valence-electron chi connectivity index (χ1n) is 12.9. The van der Waals surface area contributed by atoms with Gasteiger partial charge in [0, 0.05) is 29.2 Å². The number of halogens is 1. The Morgan fingerprint density at radius 2 is 1.92 bits per heavy atom. The fraction of sp³-hybridized carbons (Fsp3) is 0.276. The summed E-state index contributed by atoms with van der Waals surface area (Å²) in [6.45, 7) is 0.957. The van der Waals surface area contributed by atoms with E-state index in [0.717, 1.165) is 34.5 Å². The van der Waals surface area contributed by atoms with Crippen LogP contribution in [0.15, 0.2) is 72.1 Å². The Hall–Kier alpha value is -3.47. The van der Waals surface area contributed by atoms with E-state index in [-0.39, 0.29) is 41.3 Å². The van der Waals surface area contributed by atoms with Gasteiger partial charge in [0.15, 0.2) is 0 Å². The predicted molar refractivity (Wildman–Crippen MR) is 152 cm³/mol. The van der Waals surface area contributed by atoms with Crippen LogP contribution in [0.4, 0.5) is 10.2 Å². The minimum Gasteiger partial charge on any atom is -0.376 e. The Kier molecular flexibility index (Phi) is 7.49. The molecule has 0 spiro atoms. The molecule has 10 heteroatoms. The van der Waals surface area contributed by atoms with Crippen molar-refractivity contribution in [2.45, 2.75) is 24.2 Å². The van der Waals surface area contributed by atoms with Crippen LogP contribution in [-0.4, -0.2) is 53.1 Å². The van der Waals surface area contributed by atoms with E-state index in [1.165, 1.54) is 28.8 Å². The number of amides is 2. The molecule has 4 aromatic rings. The molecule has 7 nitrogen and oxygen atoms in total. The van der Waals surface area contributed by atoms with Crippen molar-refractivity contribution < 1.29 is 18.7 Å². The largest absolute Gasteiger partial charge is 0.376 e. The molecular formula is C29H27FN4O3S2. The van der Waals surface area contributed by atoms with Gasteiger partial charge in [-0.25, -0.2) is 9.07 Å². The maximum absolute atomic E-state index is 13.9. The number of hydrogen-bond acceptors (Lipinski definition) is 6. The fourth-order valence-electron chi connectivity index (χ4n) is 4.99. The second-order valence-electron chi connectivity index (χ2n) is 9.47. The highest BCUT2D eigenvalue weighted by molar-refractivity contribution is 8.00. The fourth-order valence-corrected chi connectivity index (χ4v) is 7.16. The third-order valence-corrected chi connectivity index (χ3v) is 9.18. The molecule has 0 radical (unpaired) electrons. The maximum Gasteiger partial charge on any atom is 0.240 e. The number of carbonyl (C=O) groups is 2. The van der Waals surface area contributed by atoms with Crippen LogP contribution in [0.3, 0.4) is 0 Å². The lowest BCUT2D eigenvalue weighted by Gasteiger charge is -2.23. The number of ether oxygens (including phenoxy) is 1. The minimum absolute atomic E-state index is 0.00228. The number of aromatic nitrogens is 2. The topological polar surface area (TPSA) is 76.5 Å². The highest BCUT2D eigenvalue weighted by Gasteiger charge is 2.38. The number of anilines is 1. The number of thioether (sulfide) groups is 1. The van der Waals surface area contributed by atoms with Crippen LogP contribution in [-0.2, 0) is 14.3 Å². The zero-order valence-corrected chi connectivity index (χ0v) is 22.7. The smallest absolute Gasteiger partial charge is 0.240 e. The van der Waals surface area contributed by atoms with Gasteiger partial charge in [-0.3, -0.25) is 14.5 Å². The van der Waals surface area contributed by atoms with Crippen LogP contribution >= 0.6 is 23.1 Å². The highest BCUT2D eigenvalue weighted by Crippen LogP contribution is 2.49. The molecule has 2 aliphatic rings. The molecule has 2 aromatic carbocycles. The van der Waals surface area contributed by atoms with Gasteiger partial charge in [-0.15, -0.1) is 23.1 Å². The summed E-state index contributed by atoms with van der Waals surface area (Å²) in [4.78, 5) is 29.5. The monoisotopic (exact) mass is 562 g/mol. The third-order valence-electron chi connectivity index (χ3n) is 6.86. The SMILES string of the molecule is O=C(CN1C(=O)CSC(c2cccs2)c2c(-c3ccccc3)nn(-c3ccc(F)cc3)c21)NCC1CCCO1. The molecule has 39 heavy (non-hydrogen) atoms. The summed E-state index contributed by atoms with van der Waals surface area (Å²) < 4.78 is 21.2. The van der Waals surface area contributed by atoms with Crippen LogP contribution in [0.25, 0.3) is 16.9 Å². The Morgan fingerprint density at radius 1 is 1.10 bits per heavy atom. The maximum atomic E-state index is 13.9. The number of nitrogens with zero attached hydrogens (tertiary/aromatic N) is 3. The number of thiophene rings is 1. The summed E-state index contributed by atoms with van der Waals surface area (Å²) in [5.41, 5.74) is 3.08. The lowest BCUT2D eigenvalue weighted by atomic mass is 10.0. The van der Waals surface area contributed by atoms with Crippen molar-refractivity contribution in [2.24, 2.45) is 0 Å². The number of carbonyl (C=O) groups excluding carboxylic acids is 2. The molecule has 2 unspecified atom stereocenters. The van der Waals surface area contributed by atoms with Crippen molar-refractivity contribution in [1.29, 1.82) is 0 Å². The zero-order chi connectivity index (χ0) is 26.8. The molecule has 0 saturated carbocycles. The standard InChI is InChI=1S/C29H27FN4O3S2/c30-20-10-12-21(13-11-20)34-29-26(27(32-34)19-6-2-1-3-7-19)28(23-9-5-15-38-23)39-18-25(36)33(29)17-24(35)31-16-22-8-4-14-37-22/h1-3,5-7,9-13,15,22,28H,4,8,14,16-18H2,(H,31,35). The van der Waals surface area contributed by atoms with E-state index in [1.54, 1.807) is 28.2 Å². The third kappa shape index (κ3) is 5.36. The van der Waals surface area contributed by atoms with Crippen LogP contribution in [0, 0.1) is 5.82 Å². The summed E-state index contributed by atoms with van der Waals surface area (Å²) >= 11 is 3.15. The van der Waals surface area contributed by atoms with E-state index in [2.05, 4.69) is 11.4 Å². The number of nitrogens with one attached hydrogen (secondary N) is 1. The summed E-state index contributed by atoms with van der Waals surface area (Å²) in [6, 6.07) is 19.9. The van der Waals surface area contributed by atoms with E-state index in [0.29, 0.717) is 24.7 Å². The Bertz CT molecular complexity index is 1450. The first-order chi connectivity index (χ1) is 19.1. The molecule has 1 saturated heterocycles. The molecule has 1 fully saturated rings. The molecule has 0 bridgehead atoms. The molecule has 0 aliphatic carbocycles.